The van der Waals surface area contributed by atoms with E-state index < -0.39 is 43.0 Å². The van der Waals surface area contributed by atoms with Gasteiger partial charge in [-0.05, 0) is 174 Å². The van der Waals surface area contributed by atoms with Crippen molar-refractivity contribution in [3.05, 3.63) is 41.0 Å². The number of aliphatic hydroxyl groups is 5. The van der Waals surface area contributed by atoms with E-state index in [1.807, 2.05) is 6.07 Å². The summed E-state index contributed by atoms with van der Waals surface area (Å²) >= 11 is 0. The molecule has 16 atom stereocenters. The first-order valence-corrected chi connectivity index (χ1v) is 32.9. The van der Waals surface area contributed by atoms with E-state index in [0.717, 1.165) is 88.3 Å². The predicted molar refractivity (Wildman–Crippen MR) is 315 cm³/mol. The maximum absolute atomic E-state index is 13.7. The molecule has 7 aliphatic rings. The molecular weight excluding hydrogens is 1070 g/mol. The van der Waals surface area contributed by atoms with Crippen molar-refractivity contribution in [2.75, 3.05) is 53.1 Å². The molecule has 2 aromatic rings. The van der Waals surface area contributed by atoms with Gasteiger partial charge < -0.3 is 70.1 Å². The van der Waals surface area contributed by atoms with Gasteiger partial charge in [0, 0.05) is 66.4 Å². The molecule has 1 saturated heterocycles. The van der Waals surface area contributed by atoms with Crippen LogP contribution in [0.2, 0.25) is 0 Å². The number of hydrogen-bond donors (Lipinski definition) is 9. The van der Waals surface area contributed by atoms with E-state index in [0.29, 0.717) is 74.5 Å². The van der Waals surface area contributed by atoms with Crippen LogP contribution in [0.3, 0.4) is 0 Å². The van der Waals surface area contributed by atoms with E-state index in [1.54, 1.807) is 18.2 Å². The number of benzene rings is 2. The molecule has 3 heterocycles. The lowest BCUT2D eigenvalue weighted by Crippen LogP contribution is -2.50. The Balaban J connectivity index is 0.955. The SMILES string of the molecule is COc1cc(C[C@H]2[C@H](O)C[C@@H](OCO)CCc3cc(O[C@@H]4CC[C@@H]5CNC[C@H]6C#C[C@@]7(C[C@H](C)CC[C@@H]7CC[C@H](O)[C@H]7[C@H](C#CC6)C(=O)N[C@@H]7CCCOC6CCCCC6)[C@H]5C4)c(O)cc3[C@H](CCO)SSC[C@@H]2O)cc(OC)c1O. The Labute approximate surface area is 488 Å². The van der Waals surface area contributed by atoms with Crippen LogP contribution in [0.15, 0.2) is 24.3 Å². The zero-order valence-corrected chi connectivity index (χ0v) is 49.7. The summed E-state index contributed by atoms with van der Waals surface area (Å²) < 4.78 is 30.1. The molecule has 0 radical (unpaired) electrons. The fraction of sp³-hybridized carbons (Fsp3) is 0.734. The number of phenols is 2. The number of fused-ring (bicyclic) bond motifs is 4. The molecule has 4 aliphatic carbocycles. The first-order valence-electron chi connectivity index (χ1n) is 30.6. The van der Waals surface area contributed by atoms with Gasteiger partial charge in [-0.2, -0.15) is 0 Å². The molecule has 2 aromatic carbocycles. The van der Waals surface area contributed by atoms with Crippen LogP contribution in [0.5, 0.6) is 28.7 Å². The summed E-state index contributed by atoms with van der Waals surface area (Å²) in [6, 6.07) is 6.88. The third kappa shape index (κ3) is 15.3. The molecule has 2 bridgehead atoms. The molecule has 0 aromatic heterocycles. The average Bonchev–Trinajstić information content (AvgIpc) is 3.86. The molecular formula is C64H92N2O13S2. The van der Waals surface area contributed by atoms with Crippen molar-refractivity contribution in [1.29, 1.82) is 0 Å². The molecule has 3 saturated carbocycles. The van der Waals surface area contributed by atoms with Crippen molar-refractivity contribution in [2.45, 2.75) is 190 Å². The number of aliphatic hydroxyl groups excluding tert-OH is 5. The van der Waals surface area contributed by atoms with Crippen LogP contribution in [0, 0.1) is 76.4 Å². The number of carbonyl (C=O) groups excluding carboxylic acids is 1. The van der Waals surface area contributed by atoms with Crippen LogP contribution < -0.4 is 24.8 Å². The summed E-state index contributed by atoms with van der Waals surface area (Å²) in [6.07, 6.45) is 13.3. The zero-order valence-electron chi connectivity index (χ0n) is 48.0. The highest BCUT2D eigenvalue weighted by atomic mass is 33.1. The molecule has 0 unspecified atom stereocenters. The van der Waals surface area contributed by atoms with Crippen molar-refractivity contribution < 1.29 is 64.2 Å². The van der Waals surface area contributed by atoms with Crippen LogP contribution in [0.1, 0.15) is 151 Å². The number of rotatable bonds is 15. The second-order valence-corrected chi connectivity index (χ2v) is 27.3. The summed E-state index contributed by atoms with van der Waals surface area (Å²) in [6.45, 7) is 3.90. The van der Waals surface area contributed by atoms with E-state index in [9.17, 15) is 40.5 Å². The maximum atomic E-state index is 13.7. The number of carbonyl (C=O) groups is 1. The van der Waals surface area contributed by atoms with Crippen LogP contribution in [0.25, 0.3) is 0 Å². The molecule has 81 heavy (non-hydrogen) atoms. The van der Waals surface area contributed by atoms with E-state index in [2.05, 4.69) is 41.2 Å². The van der Waals surface area contributed by atoms with Gasteiger partial charge in [0.05, 0.1) is 50.8 Å². The van der Waals surface area contributed by atoms with Crippen molar-refractivity contribution in [3.63, 3.8) is 0 Å². The number of aromatic hydroxyl groups is 2. The van der Waals surface area contributed by atoms with E-state index in [1.165, 1.54) is 55.1 Å². The van der Waals surface area contributed by atoms with Crippen LogP contribution in [0.4, 0.5) is 0 Å². The quantitative estimate of drug-likeness (QED) is 0.0353. The van der Waals surface area contributed by atoms with Gasteiger partial charge in [-0.3, -0.25) is 4.79 Å². The normalized spacial score (nSPS) is 35.1. The minimum atomic E-state index is -1.05. The van der Waals surface area contributed by atoms with Crippen LogP contribution in [-0.4, -0.2) is 137 Å². The Hall–Kier alpha value is -3.59. The molecule has 4 fully saturated rings. The smallest absolute Gasteiger partial charge is 0.235 e. The number of ether oxygens (including phenoxy) is 5. The average molecular weight is 1160 g/mol. The van der Waals surface area contributed by atoms with Crippen molar-refractivity contribution >= 4 is 27.5 Å². The number of hydrogen-bond acceptors (Lipinski definition) is 16. The number of aryl methyl sites for hydroxylation is 1. The summed E-state index contributed by atoms with van der Waals surface area (Å²) in [4.78, 5) is 13.7. The minimum Gasteiger partial charge on any atom is -0.504 e. The Morgan fingerprint density at radius 1 is 0.790 bits per heavy atom. The fourth-order valence-electron chi connectivity index (χ4n) is 15.2. The van der Waals surface area contributed by atoms with Gasteiger partial charge >= 0.3 is 0 Å². The van der Waals surface area contributed by atoms with Gasteiger partial charge in [0.1, 0.15) is 12.7 Å². The predicted octanol–water partition coefficient (Wildman–Crippen LogP) is 8.39. The van der Waals surface area contributed by atoms with Gasteiger partial charge in [0.2, 0.25) is 11.7 Å². The standard InChI is InChI=1S/C64H92N2O13S2/c1-39-14-17-44-18-21-53(69)61-48(63(74)66-52(61)13-8-26-77-45-10-5-4-6-11-45)12-7-9-40-22-24-64(44,34-39)51-31-47(20-16-43(51)36-65-35-40)79-57-30-42-15-19-46(78-38-68)32-54(70)50(27-41-28-58(75-2)62(73)59(29-41)76-3)56(72)37-80-81-60(23-25-67)49(42)33-55(57)71/h28-30,33,39-40,43-48,50-54,56,60-61,65,67-73H,4-6,8-11,13-21,23,25-27,31-32,34-38H2,1-3H3,(H,66,74)/t39-,40-,43-,44-,46+,47-,48+,50+,51+,52-,53+,54-,56+,60+,61+,64+/m1/s1. The second kappa shape index (κ2) is 29.5. The highest BCUT2D eigenvalue weighted by molar-refractivity contribution is 8.76. The zero-order chi connectivity index (χ0) is 57.0. The molecule has 1 spiro atoms. The number of methoxy groups -OCH3 is 2. The van der Waals surface area contributed by atoms with Gasteiger partial charge in [0.25, 0.3) is 0 Å². The third-order valence-electron chi connectivity index (χ3n) is 19.4. The van der Waals surface area contributed by atoms with Crippen molar-refractivity contribution in [2.24, 2.45) is 52.8 Å². The van der Waals surface area contributed by atoms with E-state index in [-0.39, 0.29) is 101 Å². The summed E-state index contributed by atoms with van der Waals surface area (Å²) in [7, 11) is 5.84. The van der Waals surface area contributed by atoms with Gasteiger partial charge in [-0.1, -0.05) is 72.0 Å². The molecule has 15 nitrogen and oxygen atoms in total. The summed E-state index contributed by atoms with van der Waals surface area (Å²) in [5.74, 6) is 15.2. The monoisotopic (exact) mass is 1160 g/mol. The van der Waals surface area contributed by atoms with E-state index in [4.69, 9.17) is 23.7 Å². The van der Waals surface area contributed by atoms with Gasteiger partial charge in [-0.25, -0.2) is 0 Å². The minimum absolute atomic E-state index is 0.0127. The Bertz CT molecular complexity index is 2480. The molecule has 448 valence electrons. The Morgan fingerprint density at radius 3 is 2.35 bits per heavy atom. The third-order valence-corrected chi connectivity index (χ3v) is 22.3. The molecule has 3 aliphatic heterocycles. The number of phenolic OH excluding ortho intramolecular Hbond substituents is 2. The number of amides is 1. The fourth-order valence-corrected chi connectivity index (χ4v) is 18.1. The molecule has 17 heteroatoms. The summed E-state index contributed by atoms with van der Waals surface area (Å²) in [5.41, 5.74) is 2.09. The van der Waals surface area contributed by atoms with Crippen LogP contribution >= 0.6 is 21.6 Å². The van der Waals surface area contributed by atoms with E-state index >= 15 is 0 Å². The van der Waals surface area contributed by atoms with Gasteiger partial charge in [0.15, 0.2) is 23.0 Å². The maximum Gasteiger partial charge on any atom is 0.235 e. The Kier molecular flexibility index (Phi) is 22.5. The van der Waals surface area contributed by atoms with Crippen molar-refractivity contribution in [3.8, 4) is 52.4 Å². The Morgan fingerprint density at radius 2 is 1.58 bits per heavy atom. The molecule has 1 amide bonds. The van der Waals surface area contributed by atoms with Gasteiger partial charge in [-0.15, -0.1) is 5.92 Å². The molecule has 9 N–H and O–H groups in total. The lowest BCUT2D eigenvalue weighted by Gasteiger charge is -2.53. The highest BCUT2D eigenvalue weighted by Gasteiger charge is 2.53. The first-order chi connectivity index (χ1) is 39.3. The van der Waals surface area contributed by atoms with Crippen molar-refractivity contribution in [1.82, 2.24) is 10.6 Å². The molecule has 9 rings (SSSR count). The number of nitrogens with one attached hydrogen (secondary N) is 2. The first kappa shape index (κ1) is 62.0. The largest absolute Gasteiger partial charge is 0.504 e. The van der Waals surface area contributed by atoms with Crippen LogP contribution in [-0.2, 0) is 27.1 Å². The summed E-state index contributed by atoms with van der Waals surface area (Å²) in [5, 5.41) is 86.2. The highest BCUT2D eigenvalue weighted by Crippen LogP contribution is 2.57. The second-order valence-electron chi connectivity index (χ2n) is 24.7. The lowest BCUT2D eigenvalue weighted by molar-refractivity contribution is -0.122. The lowest BCUT2D eigenvalue weighted by atomic mass is 9.51. The topological polar surface area (TPSA) is 229 Å².